The number of benzene rings is 5. The first kappa shape index (κ1) is 32.1. The van der Waals surface area contributed by atoms with Gasteiger partial charge in [-0.3, -0.25) is 0 Å². The van der Waals surface area contributed by atoms with E-state index in [4.69, 9.17) is 9.47 Å². The Morgan fingerprint density at radius 3 is 1.02 bits per heavy atom. The number of methoxy groups -OCH3 is 2. The molecular formula is C42H48BO2P. The Labute approximate surface area is 277 Å². The zero-order valence-electron chi connectivity index (χ0n) is 27.5. The summed E-state index contributed by atoms with van der Waals surface area (Å²) in [5, 5.41) is 1.45. The quantitative estimate of drug-likeness (QED) is 0.125. The second kappa shape index (κ2) is 15.7. The molecule has 2 nitrogen and oxygen atoms in total. The number of rotatable bonds is 9. The van der Waals surface area contributed by atoms with Crippen LogP contribution in [0.3, 0.4) is 0 Å². The fourth-order valence-corrected chi connectivity index (χ4v) is 13.0. The summed E-state index contributed by atoms with van der Waals surface area (Å²) in [7, 11) is 3.00. The minimum absolute atomic E-state index is 0.611. The van der Waals surface area contributed by atoms with Gasteiger partial charge in [0.15, 0.2) is 16.8 Å². The Hall–Kier alpha value is -3.81. The molecule has 0 N–H and O–H groups in total. The first-order valence-electron chi connectivity index (χ1n) is 17.2. The van der Waals surface area contributed by atoms with E-state index < -0.39 is 14.1 Å². The normalized spacial score (nSPS) is 15.4. The maximum atomic E-state index is 5.73. The SMILES string of the molecule is COc1cccc(OC)c1[PH+](C1CCCC1)C1CCCC1.c1ccc([B-](c2ccccc2)(c2ccccc2)c2ccccc2)cc1. The highest BCUT2D eigenvalue weighted by Crippen LogP contribution is 2.58. The summed E-state index contributed by atoms with van der Waals surface area (Å²) in [6.07, 6.45) is 10.2. The predicted octanol–water partition coefficient (Wildman–Crippen LogP) is 7.49. The molecule has 0 bridgehead atoms. The molecule has 0 radical (unpaired) electrons. The average Bonchev–Trinajstić information content (AvgIpc) is 3.87. The monoisotopic (exact) mass is 626 g/mol. The van der Waals surface area contributed by atoms with Crippen molar-refractivity contribution in [2.75, 3.05) is 14.2 Å². The van der Waals surface area contributed by atoms with Crippen molar-refractivity contribution in [3.05, 3.63) is 140 Å². The second-order valence-corrected chi connectivity index (χ2v) is 16.0. The molecule has 0 atom stereocenters. The van der Waals surface area contributed by atoms with E-state index in [2.05, 4.69) is 140 Å². The van der Waals surface area contributed by atoms with Crippen LogP contribution in [0.5, 0.6) is 11.5 Å². The first-order chi connectivity index (χ1) is 22.8. The van der Waals surface area contributed by atoms with Crippen molar-refractivity contribution in [1.82, 2.24) is 0 Å². The van der Waals surface area contributed by atoms with E-state index in [1.807, 2.05) is 0 Å². The molecule has 0 heterocycles. The lowest BCUT2D eigenvalue weighted by molar-refractivity contribution is 0.400. The summed E-state index contributed by atoms with van der Waals surface area (Å²) in [6.45, 7) is 0. The van der Waals surface area contributed by atoms with Gasteiger partial charge >= 0.3 is 0 Å². The van der Waals surface area contributed by atoms with Crippen LogP contribution in [0.1, 0.15) is 51.4 Å². The molecule has 0 aromatic heterocycles. The fraction of sp³-hybridized carbons (Fsp3) is 0.286. The lowest BCUT2D eigenvalue weighted by Gasteiger charge is -2.44. The minimum Gasteiger partial charge on any atom is -0.492 e. The molecule has 236 valence electrons. The van der Waals surface area contributed by atoms with E-state index in [9.17, 15) is 0 Å². The van der Waals surface area contributed by atoms with E-state index in [0.29, 0.717) is 0 Å². The van der Waals surface area contributed by atoms with Gasteiger partial charge < -0.3 is 9.47 Å². The van der Waals surface area contributed by atoms with Crippen molar-refractivity contribution in [1.29, 1.82) is 0 Å². The van der Waals surface area contributed by atoms with E-state index in [0.717, 1.165) is 22.8 Å². The van der Waals surface area contributed by atoms with Gasteiger partial charge in [-0.15, -0.1) is 0 Å². The summed E-state index contributed by atoms with van der Waals surface area (Å²) < 4.78 is 11.5. The molecule has 46 heavy (non-hydrogen) atoms. The maximum absolute atomic E-state index is 5.73. The van der Waals surface area contributed by atoms with Crippen molar-refractivity contribution < 1.29 is 9.47 Å². The second-order valence-electron chi connectivity index (χ2n) is 13.0. The van der Waals surface area contributed by atoms with Gasteiger partial charge in [-0.2, -0.15) is 21.9 Å². The van der Waals surface area contributed by atoms with Crippen molar-refractivity contribution in [3.63, 3.8) is 0 Å². The molecular weight excluding hydrogens is 578 g/mol. The highest BCUT2D eigenvalue weighted by Gasteiger charge is 2.44. The number of hydrogen-bond donors (Lipinski definition) is 0. The van der Waals surface area contributed by atoms with Gasteiger partial charge in [-0.1, -0.05) is 127 Å². The van der Waals surface area contributed by atoms with E-state index in [1.54, 1.807) is 14.2 Å². The van der Waals surface area contributed by atoms with Crippen molar-refractivity contribution in [2.45, 2.75) is 62.7 Å². The van der Waals surface area contributed by atoms with Crippen LogP contribution >= 0.6 is 7.92 Å². The fourth-order valence-electron chi connectivity index (χ4n) is 8.47. The largest absolute Gasteiger partial charge is 0.492 e. The summed E-state index contributed by atoms with van der Waals surface area (Å²) >= 11 is 0. The summed E-state index contributed by atoms with van der Waals surface area (Å²) in [5.41, 5.74) is 7.20. The maximum Gasteiger partial charge on any atom is 0.175 e. The molecule has 4 heteroatoms. The van der Waals surface area contributed by atoms with Crippen LogP contribution in [0.15, 0.2) is 140 Å². The molecule has 2 fully saturated rings. The van der Waals surface area contributed by atoms with Crippen LogP contribution in [-0.2, 0) is 0 Å². The molecule has 2 saturated carbocycles. The third-order valence-electron chi connectivity index (χ3n) is 10.5. The zero-order valence-corrected chi connectivity index (χ0v) is 28.5. The third kappa shape index (κ3) is 6.67. The van der Waals surface area contributed by atoms with Crippen molar-refractivity contribution in [3.8, 4) is 11.5 Å². The Morgan fingerprint density at radius 1 is 0.435 bits per heavy atom. The molecule has 7 rings (SSSR count). The Balaban J connectivity index is 0.000000164. The predicted molar refractivity (Wildman–Crippen MR) is 202 cm³/mol. The average molecular weight is 627 g/mol. The van der Waals surface area contributed by atoms with Crippen molar-refractivity contribution >= 4 is 41.2 Å². The Morgan fingerprint density at radius 2 is 0.739 bits per heavy atom. The molecule has 0 amide bonds. The highest BCUT2D eigenvalue weighted by atomic mass is 31.1. The number of hydrogen-bond acceptors (Lipinski definition) is 2. The molecule has 2 aliphatic carbocycles. The molecule has 0 unspecified atom stereocenters. The van der Waals surface area contributed by atoms with Crippen LogP contribution < -0.4 is 36.6 Å². The smallest absolute Gasteiger partial charge is 0.175 e. The van der Waals surface area contributed by atoms with Gasteiger partial charge in [0.05, 0.1) is 25.5 Å². The summed E-state index contributed by atoms with van der Waals surface area (Å²) in [4.78, 5) is 0. The van der Waals surface area contributed by atoms with E-state index >= 15 is 0 Å². The topological polar surface area (TPSA) is 18.5 Å². The van der Waals surface area contributed by atoms with Crippen LogP contribution in [0, 0.1) is 0 Å². The van der Waals surface area contributed by atoms with Gasteiger partial charge in [0.1, 0.15) is 6.15 Å². The minimum atomic E-state index is -1.22. The summed E-state index contributed by atoms with van der Waals surface area (Å²) in [6, 6.07) is 49.8. The van der Waals surface area contributed by atoms with Gasteiger partial charge in [-0.25, -0.2) is 0 Å². The molecule has 5 aromatic carbocycles. The first-order valence-corrected chi connectivity index (χ1v) is 18.9. The Kier molecular flexibility index (Phi) is 10.9. The standard InChI is InChI=1S/C24H20B.C18H27O2P/c1-5-13-21(14-6-1)25(22-15-7-2-8-16-22,23-17-9-3-10-18-23)24-19-11-4-12-20-24;1-19-16-12-7-13-17(20-2)18(16)21(14-8-3-4-9-14)15-10-5-6-11-15/h1-20H;7,12-15H,3-6,8-11H2,1-2H3/q-1;/p+1. The molecule has 0 saturated heterocycles. The van der Waals surface area contributed by atoms with Crippen LogP contribution in [0.4, 0.5) is 0 Å². The molecule has 0 aliphatic heterocycles. The van der Waals surface area contributed by atoms with Crippen LogP contribution in [-0.4, -0.2) is 31.7 Å². The molecule has 0 spiro atoms. The van der Waals surface area contributed by atoms with Crippen LogP contribution in [0.2, 0.25) is 0 Å². The summed E-state index contributed by atoms with van der Waals surface area (Å²) in [5.74, 6) is 2.14. The van der Waals surface area contributed by atoms with E-state index in [1.165, 1.54) is 78.5 Å². The van der Waals surface area contributed by atoms with Gasteiger partial charge in [-0.05, 0) is 63.5 Å². The van der Waals surface area contributed by atoms with Crippen molar-refractivity contribution in [2.24, 2.45) is 0 Å². The third-order valence-corrected chi connectivity index (χ3v) is 14.5. The van der Waals surface area contributed by atoms with Crippen LogP contribution in [0.25, 0.3) is 0 Å². The molecule has 5 aromatic rings. The van der Waals surface area contributed by atoms with Gasteiger partial charge in [0.2, 0.25) is 0 Å². The lowest BCUT2D eigenvalue weighted by atomic mass is 9.13. The van der Waals surface area contributed by atoms with Gasteiger partial charge in [0, 0.05) is 7.92 Å². The number of ether oxygens (including phenoxy) is 2. The van der Waals surface area contributed by atoms with Gasteiger partial charge in [0.25, 0.3) is 0 Å². The Bertz CT molecular complexity index is 1410. The zero-order chi connectivity index (χ0) is 31.6. The highest BCUT2D eigenvalue weighted by molar-refractivity contribution is 7.67. The van der Waals surface area contributed by atoms with E-state index in [-0.39, 0.29) is 0 Å². The molecule has 2 aliphatic rings. The lowest BCUT2D eigenvalue weighted by Crippen LogP contribution is -2.74.